The summed E-state index contributed by atoms with van der Waals surface area (Å²) in [6, 6.07) is 7.15. The van der Waals surface area contributed by atoms with Crippen LogP contribution < -0.4 is 5.32 Å². The molecule has 130 valence electrons. The SMILES string of the molecule is O=S(=O)(c1ccccn1)c1cn(CC2CCCCN2)c2ccncc12. The van der Waals surface area contributed by atoms with Gasteiger partial charge < -0.3 is 9.88 Å². The maximum absolute atomic E-state index is 13.0. The number of nitrogens with zero attached hydrogens (tertiary/aromatic N) is 3. The minimum Gasteiger partial charge on any atom is -0.344 e. The van der Waals surface area contributed by atoms with E-state index in [1.165, 1.54) is 25.1 Å². The third-order valence-corrected chi connectivity index (χ3v) is 6.37. The third kappa shape index (κ3) is 3.05. The fourth-order valence-electron chi connectivity index (χ4n) is 3.41. The summed E-state index contributed by atoms with van der Waals surface area (Å²) in [5.74, 6) is 0. The molecule has 0 aliphatic carbocycles. The van der Waals surface area contributed by atoms with Crippen LogP contribution in [-0.2, 0) is 16.4 Å². The number of sulfone groups is 1. The van der Waals surface area contributed by atoms with Crippen LogP contribution in [0.25, 0.3) is 10.9 Å². The zero-order chi connectivity index (χ0) is 17.3. The number of piperidine rings is 1. The van der Waals surface area contributed by atoms with E-state index in [0.29, 0.717) is 11.4 Å². The van der Waals surface area contributed by atoms with Crippen molar-refractivity contribution in [2.45, 2.75) is 41.8 Å². The normalized spacial score (nSPS) is 18.5. The van der Waals surface area contributed by atoms with Gasteiger partial charge >= 0.3 is 0 Å². The van der Waals surface area contributed by atoms with E-state index in [-0.39, 0.29) is 9.92 Å². The van der Waals surface area contributed by atoms with Crippen molar-refractivity contribution in [3.8, 4) is 0 Å². The summed E-state index contributed by atoms with van der Waals surface area (Å²) in [6.07, 6.45) is 10.1. The van der Waals surface area contributed by atoms with Crippen molar-refractivity contribution in [3.05, 3.63) is 49.1 Å². The number of rotatable bonds is 4. The van der Waals surface area contributed by atoms with E-state index in [0.717, 1.165) is 25.0 Å². The first-order valence-corrected chi connectivity index (χ1v) is 9.97. The molecule has 1 saturated heterocycles. The number of fused-ring (bicyclic) bond motifs is 1. The van der Waals surface area contributed by atoms with Crippen LogP contribution in [0, 0.1) is 0 Å². The molecule has 3 aromatic rings. The predicted octanol–water partition coefficient (Wildman–Crippen LogP) is 2.41. The summed E-state index contributed by atoms with van der Waals surface area (Å²) in [5, 5.41) is 4.22. The molecule has 0 bridgehead atoms. The van der Waals surface area contributed by atoms with E-state index in [2.05, 4.69) is 15.3 Å². The molecule has 1 fully saturated rings. The van der Waals surface area contributed by atoms with Crippen molar-refractivity contribution in [3.63, 3.8) is 0 Å². The zero-order valence-corrected chi connectivity index (χ0v) is 14.6. The van der Waals surface area contributed by atoms with Crippen LogP contribution in [0.3, 0.4) is 0 Å². The molecular weight excluding hydrogens is 336 g/mol. The van der Waals surface area contributed by atoms with E-state index >= 15 is 0 Å². The van der Waals surface area contributed by atoms with Gasteiger partial charge in [0.2, 0.25) is 9.84 Å². The standard InChI is InChI=1S/C18H20N4O2S/c23-25(24,18-6-2-4-9-21-18)17-13-22(12-14-5-1-3-8-20-14)16-7-10-19-11-15(16)17/h2,4,6-7,9-11,13-14,20H,1,3,5,8,12H2. The summed E-state index contributed by atoms with van der Waals surface area (Å²) in [7, 11) is -3.68. The Kier molecular flexibility index (Phi) is 4.27. The first-order chi connectivity index (χ1) is 12.2. The van der Waals surface area contributed by atoms with Crippen molar-refractivity contribution in [2.75, 3.05) is 6.54 Å². The topological polar surface area (TPSA) is 76.9 Å². The van der Waals surface area contributed by atoms with Gasteiger partial charge in [-0.2, -0.15) is 0 Å². The Morgan fingerprint density at radius 1 is 1.20 bits per heavy atom. The molecule has 3 aromatic heterocycles. The van der Waals surface area contributed by atoms with Crippen LogP contribution in [0.2, 0.25) is 0 Å². The van der Waals surface area contributed by atoms with E-state index in [9.17, 15) is 8.42 Å². The number of aromatic nitrogens is 3. The summed E-state index contributed by atoms with van der Waals surface area (Å²) in [5.41, 5.74) is 0.886. The first-order valence-electron chi connectivity index (χ1n) is 8.48. The second-order valence-corrected chi connectivity index (χ2v) is 8.22. The summed E-state index contributed by atoms with van der Waals surface area (Å²) < 4.78 is 28.1. The highest BCUT2D eigenvalue weighted by molar-refractivity contribution is 7.91. The highest BCUT2D eigenvalue weighted by atomic mass is 32.2. The lowest BCUT2D eigenvalue weighted by Gasteiger charge is -2.24. The van der Waals surface area contributed by atoms with Crippen LogP contribution >= 0.6 is 0 Å². The zero-order valence-electron chi connectivity index (χ0n) is 13.8. The monoisotopic (exact) mass is 356 g/mol. The maximum Gasteiger partial charge on any atom is 0.225 e. The molecule has 1 aliphatic heterocycles. The van der Waals surface area contributed by atoms with Crippen LogP contribution in [0.4, 0.5) is 0 Å². The van der Waals surface area contributed by atoms with E-state index in [1.807, 2.05) is 10.6 Å². The molecule has 1 N–H and O–H groups in total. The Balaban J connectivity index is 1.80. The average Bonchev–Trinajstić information content (AvgIpc) is 3.03. The fourth-order valence-corrected chi connectivity index (χ4v) is 4.80. The van der Waals surface area contributed by atoms with Crippen LogP contribution in [0.15, 0.2) is 59.0 Å². The molecule has 1 atom stereocenters. The smallest absolute Gasteiger partial charge is 0.225 e. The van der Waals surface area contributed by atoms with Gasteiger partial charge in [-0.25, -0.2) is 13.4 Å². The van der Waals surface area contributed by atoms with Gasteiger partial charge in [-0.15, -0.1) is 0 Å². The molecule has 0 saturated carbocycles. The molecule has 7 heteroatoms. The molecular formula is C18H20N4O2S. The minimum absolute atomic E-state index is 0.0636. The lowest BCUT2D eigenvalue weighted by atomic mass is 10.1. The first kappa shape index (κ1) is 16.2. The largest absolute Gasteiger partial charge is 0.344 e. The van der Waals surface area contributed by atoms with E-state index < -0.39 is 9.84 Å². The second kappa shape index (κ2) is 6.57. The van der Waals surface area contributed by atoms with Gasteiger partial charge in [0.05, 0.1) is 5.52 Å². The van der Waals surface area contributed by atoms with Gasteiger partial charge in [0, 0.05) is 42.8 Å². The number of pyridine rings is 2. The summed E-state index contributed by atoms with van der Waals surface area (Å²) in [4.78, 5) is 8.42. The van der Waals surface area contributed by atoms with Gasteiger partial charge in [-0.3, -0.25) is 4.98 Å². The number of hydrogen-bond donors (Lipinski definition) is 1. The van der Waals surface area contributed by atoms with Crippen molar-refractivity contribution >= 4 is 20.7 Å². The Hall–Kier alpha value is -2.25. The lowest BCUT2D eigenvalue weighted by Crippen LogP contribution is -2.37. The van der Waals surface area contributed by atoms with Gasteiger partial charge in [-0.05, 0) is 37.6 Å². The van der Waals surface area contributed by atoms with E-state index in [4.69, 9.17) is 0 Å². The quantitative estimate of drug-likeness (QED) is 0.777. The summed E-state index contributed by atoms with van der Waals surface area (Å²) >= 11 is 0. The molecule has 6 nitrogen and oxygen atoms in total. The summed E-state index contributed by atoms with van der Waals surface area (Å²) in [6.45, 7) is 1.77. The van der Waals surface area contributed by atoms with Crippen LogP contribution in [0.5, 0.6) is 0 Å². The molecule has 4 heterocycles. The van der Waals surface area contributed by atoms with Crippen molar-refractivity contribution < 1.29 is 8.42 Å². The van der Waals surface area contributed by atoms with Gasteiger partial charge in [0.25, 0.3) is 0 Å². The second-order valence-electron chi connectivity index (χ2n) is 6.36. The highest BCUT2D eigenvalue weighted by Gasteiger charge is 2.25. The number of hydrogen-bond acceptors (Lipinski definition) is 5. The molecule has 0 aromatic carbocycles. The molecule has 0 amide bonds. The van der Waals surface area contributed by atoms with Crippen LogP contribution in [0.1, 0.15) is 19.3 Å². The number of nitrogens with one attached hydrogen (secondary N) is 1. The van der Waals surface area contributed by atoms with E-state index in [1.54, 1.807) is 30.7 Å². The fraction of sp³-hybridized carbons (Fsp3) is 0.333. The van der Waals surface area contributed by atoms with Gasteiger partial charge in [-0.1, -0.05) is 12.5 Å². The molecule has 0 radical (unpaired) electrons. The maximum atomic E-state index is 13.0. The molecule has 1 unspecified atom stereocenters. The Morgan fingerprint density at radius 2 is 2.12 bits per heavy atom. The van der Waals surface area contributed by atoms with Crippen molar-refractivity contribution in [1.29, 1.82) is 0 Å². The minimum atomic E-state index is -3.68. The Bertz CT molecular complexity index is 977. The third-order valence-electron chi connectivity index (χ3n) is 4.68. The van der Waals surface area contributed by atoms with Gasteiger partial charge in [0.15, 0.2) is 5.03 Å². The van der Waals surface area contributed by atoms with Crippen molar-refractivity contribution in [1.82, 2.24) is 19.9 Å². The Morgan fingerprint density at radius 3 is 2.88 bits per heavy atom. The highest BCUT2D eigenvalue weighted by Crippen LogP contribution is 2.29. The molecule has 1 aliphatic rings. The van der Waals surface area contributed by atoms with Crippen LogP contribution in [-0.4, -0.2) is 35.5 Å². The predicted molar refractivity (Wildman–Crippen MR) is 95.1 cm³/mol. The average molecular weight is 356 g/mol. The Labute approximate surface area is 146 Å². The molecule has 4 rings (SSSR count). The molecule has 0 spiro atoms. The van der Waals surface area contributed by atoms with Crippen molar-refractivity contribution in [2.24, 2.45) is 0 Å². The molecule has 25 heavy (non-hydrogen) atoms. The van der Waals surface area contributed by atoms with Gasteiger partial charge in [0.1, 0.15) is 4.90 Å². The lowest BCUT2D eigenvalue weighted by molar-refractivity contribution is 0.366.